The average Bonchev–Trinajstić information content (AvgIpc) is 2.52. The maximum atomic E-state index is 12.0. The van der Waals surface area contributed by atoms with E-state index in [0.717, 1.165) is 5.56 Å². The van der Waals surface area contributed by atoms with E-state index in [0.29, 0.717) is 18.4 Å². The summed E-state index contributed by atoms with van der Waals surface area (Å²) in [5.74, 6) is -1.38. The van der Waals surface area contributed by atoms with Crippen molar-refractivity contribution in [3.63, 3.8) is 0 Å². The third-order valence-corrected chi connectivity index (χ3v) is 3.20. The molecule has 0 unspecified atom stereocenters. The van der Waals surface area contributed by atoms with Crippen LogP contribution in [0.25, 0.3) is 0 Å². The van der Waals surface area contributed by atoms with Crippen molar-refractivity contribution in [3.8, 4) is 0 Å². The fourth-order valence-corrected chi connectivity index (χ4v) is 2.04. The summed E-state index contributed by atoms with van der Waals surface area (Å²) >= 11 is 0. The summed E-state index contributed by atoms with van der Waals surface area (Å²) in [7, 11) is 0. The van der Waals surface area contributed by atoms with Crippen molar-refractivity contribution in [2.75, 3.05) is 0 Å². The van der Waals surface area contributed by atoms with Gasteiger partial charge in [0.25, 0.3) is 5.91 Å². The minimum atomic E-state index is -1.02. The topological polar surface area (TPSA) is 66.4 Å². The molecule has 2 rings (SSSR count). The molecule has 0 saturated carbocycles. The number of rotatable bonds is 6. The molecule has 108 valence electrons. The van der Waals surface area contributed by atoms with E-state index in [1.165, 1.54) is 0 Å². The molecule has 4 nitrogen and oxygen atoms in total. The predicted octanol–water partition coefficient (Wildman–Crippen LogP) is 2.50. The van der Waals surface area contributed by atoms with Crippen LogP contribution in [0.5, 0.6) is 0 Å². The Morgan fingerprint density at radius 3 is 2.10 bits per heavy atom. The van der Waals surface area contributed by atoms with Crippen LogP contribution in [0.15, 0.2) is 60.7 Å². The number of carboxylic acids is 1. The fourth-order valence-electron chi connectivity index (χ4n) is 2.04. The quantitative estimate of drug-likeness (QED) is 0.856. The number of carboxylic acid groups (broad SMARTS) is 1. The van der Waals surface area contributed by atoms with Crippen LogP contribution in [0.3, 0.4) is 0 Å². The van der Waals surface area contributed by atoms with E-state index in [2.05, 4.69) is 5.32 Å². The molecule has 0 heterocycles. The van der Waals surface area contributed by atoms with Gasteiger partial charge in [0, 0.05) is 5.56 Å². The van der Waals surface area contributed by atoms with E-state index < -0.39 is 12.0 Å². The molecule has 2 N–H and O–H groups in total. The lowest BCUT2D eigenvalue weighted by molar-refractivity contribution is -0.139. The molecule has 2 aromatic carbocycles. The molecular formula is C17H17NO3. The van der Waals surface area contributed by atoms with E-state index >= 15 is 0 Å². The molecule has 0 aromatic heterocycles. The number of carbonyl (C=O) groups is 2. The maximum Gasteiger partial charge on any atom is 0.326 e. The van der Waals surface area contributed by atoms with Crippen LogP contribution < -0.4 is 5.32 Å². The van der Waals surface area contributed by atoms with Crippen molar-refractivity contribution in [1.29, 1.82) is 0 Å². The molecule has 21 heavy (non-hydrogen) atoms. The van der Waals surface area contributed by atoms with Gasteiger partial charge in [0.1, 0.15) is 6.04 Å². The van der Waals surface area contributed by atoms with Crippen LogP contribution in [0, 0.1) is 0 Å². The number of nitrogens with one attached hydrogen (secondary N) is 1. The Morgan fingerprint density at radius 1 is 0.952 bits per heavy atom. The summed E-state index contributed by atoms with van der Waals surface area (Å²) in [5.41, 5.74) is 1.51. The molecule has 1 atom stereocenters. The monoisotopic (exact) mass is 283 g/mol. The molecule has 0 fully saturated rings. The Balaban J connectivity index is 1.96. The van der Waals surface area contributed by atoms with Gasteiger partial charge < -0.3 is 10.4 Å². The SMILES string of the molecule is O=C(N[C@@H](CCc1ccccc1)C(=O)O)c1ccccc1. The van der Waals surface area contributed by atoms with Gasteiger partial charge in [-0.25, -0.2) is 4.79 Å². The Hall–Kier alpha value is -2.62. The van der Waals surface area contributed by atoms with Crippen LogP contribution in [0.1, 0.15) is 22.3 Å². The number of hydrogen-bond donors (Lipinski definition) is 2. The van der Waals surface area contributed by atoms with E-state index in [9.17, 15) is 14.7 Å². The van der Waals surface area contributed by atoms with Gasteiger partial charge in [0.2, 0.25) is 0 Å². The molecule has 0 saturated heterocycles. The van der Waals surface area contributed by atoms with Gasteiger partial charge in [-0.05, 0) is 30.5 Å². The lowest BCUT2D eigenvalue weighted by Crippen LogP contribution is -2.41. The molecule has 2 aromatic rings. The second-order valence-corrected chi connectivity index (χ2v) is 4.75. The van der Waals surface area contributed by atoms with Gasteiger partial charge in [-0.15, -0.1) is 0 Å². The molecule has 0 aliphatic rings. The van der Waals surface area contributed by atoms with Gasteiger partial charge in [-0.1, -0.05) is 48.5 Å². The highest BCUT2D eigenvalue weighted by atomic mass is 16.4. The largest absolute Gasteiger partial charge is 0.480 e. The molecule has 4 heteroatoms. The number of amides is 1. The number of benzene rings is 2. The van der Waals surface area contributed by atoms with E-state index in [4.69, 9.17) is 0 Å². The van der Waals surface area contributed by atoms with Gasteiger partial charge in [-0.3, -0.25) is 4.79 Å². The normalized spacial score (nSPS) is 11.6. The average molecular weight is 283 g/mol. The molecule has 0 aliphatic carbocycles. The summed E-state index contributed by atoms with van der Waals surface area (Å²) in [4.78, 5) is 23.3. The van der Waals surface area contributed by atoms with Crippen LogP contribution in [-0.2, 0) is 11.2 Å². The zero-order valence-electron chi connectivity index (χ0n) is 11.5. The summed E-state index contributed by atoms with van der Waals surface area (Å²) in [6.45, 7) is 0. The third-order valence-electron chi connectivity index (χ3n) is 3.20. The zero-order chi connectivity index (χ0) is 15.1. The van der Waals surface area contributed by atoms with E-state index in [1.807, 2.05) is 30.3 Å². The third kappa shape index (κ3) is 4.45. The van der Waals surface area contributed by atoms with E-state index in [-0.39, 0.29) is 5.91 Å². The summed E-state index contributed by atoms with van der Waals surface area (Å²) < 4.78 is 0. The van der Waals surface area contributed by atoms with Crippen LogP contribution in [-0.4, -0.2) is 23.0 Å². The molecule has 0 aliphatic heterocycles. The predicted molar refractivity (Wildman–Crippen MR) is 80.1 cm³/mol. The van der Waals surface area contributed by atoms with Gasteiger partial charge in [0.15, 0.2) is 0 Å². The molecule has 1 amide bonds. The minimum Gasteiger partial charge on any atom is -0.480 e. The Morgan fingerprint density at radius 2 is 1.52 bits per heavy atom. The fraction of sp³-hybridized carbons (Fsp3) is 0.176. The van der Waals surface area contributed by atoms with Crippen LogP contribution in [0.2, 0.25) is 0 Å². The van der Waals surface area contributed by atoms with Crippen LogP contribution in [0.4, 0.5) is 0 Å². The Kier molecular flexibility index (Phi) is 5.10. The molecular weight excluding hydrogens is 266 g/mol. The number of carbonyl (C=O) groups excluding carboxylic acids is 1. The first-order chi connectivity index (χ1) is 10.2. The molecule has 0 spiro atoms. The molecule has 0 bridgehead atoms. The van der Waals surface area contributed by atoms with Crippen LogP contribution >= 0.6 is 0 Å². The first kappa shape index (κ1) is 14.8. The number of hydrogen-bond acceptors (Lipinski definition) is 2. The summed E-state index contributed by atoms with van der Waals surface area (Å²) in [6, 6.07) is 17.3. The van der Waals surface area contributed by atoms with Crippen molar-refractivity contribution in [2.45, 2.75) is 18.9 Å². The first-order valence-corrected chi connectivity index (χ1v) is 6.79. The lowest BCUT2D eigenvalue weighted by Gasteiger charge is -2.14. The van der Waals surface area contributed by atoms with Gasteiger partial charge in [-0.2, -0.15) is 0 Å². The Labute approximate surface area is 123 Å². The highest BCUT2D eigenvalue weighted by molar-refractivity contribution is 5.96. The Bertz CT molecular complexity index is 596. The van der Waals surface area contributed by atoms with Gasteiger partial charge in [0.05, 0.1) is 0 Å². The standard InChI is InChI=1S/C17H17NO3/c19-16(14-9-5-2-6-10-14)18-15(17(20)21)12-11-13-7-3-1-4-8-13/h1-10,15H,11-12H2,(H,18,19)(H,20,21)/t15-/m0/s1. The number of aryl methyl sites for hydroxylation is 1. The summed E-state index contributed by atoms with van der Waals surface area (Å²) in [6.07, 6.45) is 0.963. The van der Waals surface area contributed by atoms with Crippen molar-refractivity contribution >= 4 is 11.9 Å². The lowest BCUT2D eigenvalue weighted by atomic mass is 10.0. The van der Waals surface area contributed by atoms with Gasteiger partial charge >= 0.3 is 5.97 Å². The number of aliphatic carboxylic acids is 1. The van der Waals surface area contributed by atoms with Crippen molar-refractivity contribution < 1.29 is 14.7 Å². The maximum absolute atomic E-state index is 12.0. The zero-order valence-corrected chi connectivity index (χ0v) is 11.5. The minimum absolute atomic E-state index is 0.359. The van der Waals surface area contributed by atoms with Crippen molar-refractivity contribution in [3.05, 3.63) is 71.8 Å². The summed E-state index contributed by atoms with van der Waals surface area (Å²) in [5, 5.41) is 11.8. The highest BCUT2D eigenvalue weighted by Crippen LogP contribution is 2.07. The highest BCUT2D eigenvalue weighted by Gasteiger charge is 2.20. The smallest absolute Gasteiger partial charge is 0.326 e. The first-order valence-electron chi connectivity index (χ1n) is 6.79. The van der Waals surface area contributed by atoms with E-state index in [1.54, 1.807) is 30.3 Å². The second kappa shape index (κ2) is 7.24. The van der Waals surface area contributed by atoms with Crippen molar-refractivity contribution in [1.82, 2.24) is 5.32 Å². The second-order valence-electron chi connectivity index (χ2n) is 4.75. The van der Waals surface area contributed by atoms with Crippen molar-refractivity contribution in [2.24, 2.45) is 0 Å². The molecule has 0 radical (unpaired) electrons.